The topological polar surface area (TPSA) is 169 Å². The molecule has 0 aliphatic carbocycles. The number of hydrogen-bond donors (Lipinski definition) is 3. The van der Waals surface area contributed by atoms with Crippen LogP contribution in [-0.4, -0.2) is 91.3 Å². The van der Waals surface area contributed by atoms with Crippen molar-refractivity contribution in [3.63, 3.8) is 0 Å². The van der Waals surface area contributed by atoms with Crippen molar-refractivity contribution in [3.05, 3.63) is 70.3 Å². The quantitative estimate of drug-likeness (QED) is 0.110. The van der Waals surface area contributed by atoms with Gasteiger partial charge < -0.3 is 30.3 Å². The van der Waals surface area contributed by atoms with Crippen LogP contribution in [0, 0.1) is 34.9 Å². The lowest BCUT2D eigenvalue weighted by atomic mass is 9.81. The van der Waals surface area contributed by atoms with Gasteiger partial charge in [-0.2, -0.15) is 21.6 Å². The fourth-order valence-corrected chi connectivity index (χ4v) is 6.91. The minimum atomic E-state index is -5.35. The summed E-state index contributed by atoms with van der Waals surface area (Å²) in [6.07, 6.45) is -1.76. The molecule has 0 radical (unpaired) electrons. The van der Waals surface area contributed by atoms with E-state index in [1.165, 1.54) is 4.90 Å². The predicted octanol–water partition coefficient (Wildman–Crippen LogP) is 7.58. The van der Waals surface area contributed by atoms with Gasteiger partial charge in [-0.25, -0.2) is 35.9 Å². The van der Waals surface area contributed by atoms with Gasteiger partial charge in [-0.05, 0) is 106 Å². The average Bonchev–Trinajstić information content (AvgIpc) is 3.11. The number of carbonyl (C=O) groups is 4. The van der Waals surface area contributed by atoms with Crippen LogP contribution in [-0.2, 0) is 33.4 Å². The van der Waals surface area contributed by atoms with Crippen LogP contribution in [0.15, 0.2) is 24.3 Å². The number of amides is 4. The highest BCUT2D eigenvalue weighted by Gasteiger charge is 2.47. The Labute approximate surface area is 353 Å². The van der Waals surface area contributed by atoms with E-state index >= 15 is 0 Å². The Morgan fingerprint density at radius 1 is 0.726 bits per heavy atom. The van der Waals surface area contributed by atoms with Crippen molar-refractivity contribution in [1.82, 2.24) is 20.9 Å². The molecule has 2 aromatic carbocycles. The van der Waals surface area contributed by atoms with Gasteiger partial charge in [-0.1, -0.05) is 0 Å². The first-order chi connectivity index (χ1) is 28.3. The van der Waals surface area contributed by atoms with E-state index in [0.29, 0.717) is 6.07 Å². The predicted molar refractivity (Wildman–Crippen MR) is 205 cm³/mol. The fraction of sp³-hybridized carbons (Fsp3) is 0.590. The van der Waals surface area contributed by atoms with E-state index in [-0.39, 0.29) is 25.3 Å². The van der Waals surface area contributed by atoms with Crippen LogP contribution in [0.2, 0.25) is 0 Å². The molecule has 23 heteroatoms. The minimum Gasteiger partial charge on any atom is -0.444 e. The fourth-order valence-electron chi connectivity index (χ4n) is 6.46. The first-order valence-corrected chi connectivity index (χ1v) is 20.5. The van der Waals surface area contributed by atoms with Crippen molar-refractivity contribution in [2.75, 3.05) is 13.2 Å². The van der Waals surface area contributed by atoms with Crippen molar-refractivity contribution >= 4 is 34.1 Å². The van der Waals surface area contributed by atoms with Gasteiger partial charge in [0.05, 0.1) is 6.61 Å². The van der Waals surface area contributed by atoms with Gasteiger partial charge >= 0.3 is 27.8 Å². The number of benzene rings is 2. The van der Waals surface area contributed by atoms with Crippen LogP contribution in [0.1, 0.15) is 105 Å². The van der Waals surface area contributed by atoms with Crippen LogP contribution in [0.25, 0.3) is 0 Å². The maximum Gasteiger partial charge on any atom is 0.523 e. The lowest BCUT2D eigenvalue weighted by molar-refractivity contribution is -0.139. The molecule has 4 rings (SSSR count). The summed E-state index contributed by atoms with van der Waals surface area (Å²) < 4.78 is 151. The van der Waals surface area contributed by atoms with Crippen molar-refractivity contribution in [2.24, 2.45) is 0 Å². The van der Waals surface area contributed by atoms with Gasteiger partial charge in [-0.15, -0.1) is 0 Å². The molecule has 4 amide bonds. The standard InChI is InChI=1S/C19H25F3N2O3.C17H21F3N2O3.C3H5F3O3S/c1-6-24-10(2)11(15-12(20)7-8-13(21)16(15)22)9-14(17(24)25)23-18(26)27-19(3,4)5;1-8-9(13-10(18)5-6-11(19)14(13)20)7-12(15(23)21-8)22-16(24)25-17(2,3)4;1-2-9-10(7,8)3(4,5)6/h7-8,10-11,14H,6,9H2,1-5H3,(H,23,26);5-6,8-9,12H,7H2,1-4H3,(H,21,23)(H,22,24);2H2,1H3/t10-,11-,14?;8-,9-,12+;/m11./s1. The zero-order chi connectivity index (χ0) is 47.9. The highest BCUT2D eigenvalue weighted by atomic mass is 32.2. The zero-order valence-electron chi connectivity index (χ0n) is 35.5. The van der Waals surface area contributed by atoms with E-state index in [1.807, 2.05) is 0 Å². The summed E-state index contributed by atoms with van der Waals surface area (Å²) in [7, 11) is -5.35. The Kier molecular flexibility index (Phi) is 18.1. The van der Waals surface area contributed by atoms with E-state index < -0.39 is 134 Å². The summed E-state index contributed by atoms with van der Waals surface area (Å²) in [6.45, 7) is 15.9. The van der Waals surface area contributed by atoms with Gasteiger partial charge in [0.1, 0.15) is 34.9 Å². The van der Waals surface area contributed by atoms with Crippen LogP contribution < -0.4 is 16.0 Å². The summed E-state index contributed by atoms with van der Waals surface area (Å²) in [5.41, 5.74) is -7.68. The lowest BCUT2D eigenvalue weighted by Gasteiger charge is -2.42. The summed E-state index contributed by atoms with van der Waals surface area (Å²) >= 11 is 0. The number of halogens is 9. The summed E-state index contributed by atoms with van der Waals surface area (Å²) in [5.74, 6) is -9.19. The summed E-state index contributed by atoms with van der Waals surface area (Å²) in [6, 6.07) is -0.130. The Morgan fingerprint density at radius 2 is 1.13 bits per heavy atom. The van der Waals surface area contributed by atoms with Crippen molar-refractivity contribution in [3.8, 4) is 0 Å². The Hall–Kier alpha value is -4.80. The molecule has 2 aliphatic heterocycles. The molecule has 0 spiro atoms. The largest absolute Gasteiger partial charge is 0.523 e. The molecular formula is C39H51F9N4O9S. The summed E-state index contributed by atoms with van der Waals surface area (Å²) in [5, 5.41) is 7.41. The Bertz CT molecular complexity index is 2040. The highest BCUT2D eigenvalue weighted by molar-refractivity contribution is 7.87. The Balaban J connectivity index is 0.000000352. The number of alkyl carbamates (subject to hydrolysis) is 2. The molecule has 2 aliphatic rings. The summed E-state index contributed by atoms with van der Waals surface area (Å²) in [4.78, 5) is 50.1. The van der Waals surface area contributed by atoms with Gasteiger partial charge in [0.2, 0.25) is 11.8 Å². The molecular weight excluding hydrogens is 871 g/mol. The smallest absolute Gasteiger partial charge is 0.444 e. The number of nitrogens with one attached hydrogen (secondary N) is 3. The van der Waals surface area contributed by atoms with Gasteiger partial charge in [0.25, 0.3) is 0 Å². The van der Waals surface area contributed by atoms with Crippen LogP contribution in [0.3, 0.4) is 0 Å². The van der Waals surface area contributed by atoms with Crippen molar-refractivity contribution in [2.45, 2.75) is 135 Å². The second-order valence-electron chi connectivity index (χ2n) is 16.1. The number of piperidine rings is 2. The number of likely N-dealkylation sites (tertiary alicyclic amines) is 1. The molecule has 2 fully saturated rings. The minimum absolute atomic E-state index is 0.0625. The maximum absolute atomic E-state index is 14.3. The molecule has 3 N–H and O–H groups in total. The van der Waals surface area contributed by atoms with Crippen LogP contribution in [0.4, 0.5) is 49.1 Å². The SMILES string of the molecule is CCN1C(=O)C(NC(=O)OC(C)(C)C)C[C@@H](c2c(F)ccc(F)c2F)[C@H]1C.CCOS(=O)(=O)C(F)(F)F.C[C@H]1NC(=O)[C@@H](NC(=O)OC(C)(C)C)C[C@H]1c1c(F)ccc(F)c1F. The molecule has 13 nitrogen and oxygen atoms in total. The number of ether oxygens (including phenoxy) is 2. The molecule has 350 valence electrons. The second kappa shape index (κ2) is 21.0. The molecule has 6 atom stereocenters. The van der Waals surface area contributed by atoms with Crippen LogP contribution >= 0.6 is 0 Å². The molecule has 2 saturated heterocycles. The van der Waals surface area contributed by atoms with Gasteiger partial charge in [-0.3, -0.25) is 13.8 Å². The lowest BCUT2D eigenvalue weighted by Crippen LogP contribution is -2.58. The monoisotopic (exact) mass is 922 g/mol. The molecule has 0 bridgehead atoms. The molecule has 1 unspecified atom stereocenters. The van der Waals surface area contributed by atoms with E-state index in [9.17, 15) is 67.1 Å². The van der Waals surface area contributed by atoms with E-state index in [1.54, 1.807) is 62.3 Å². The molecule has 2 heterocycles. The highest BCUT2D eigenvalue weighted by Crippen LogP contribution is 2.37. The average molecular weight is 923 g/mol. The van der Waals surface area contributed by atoms with E-state index in [0.717, 1.165) is 25.1 Å². The third-order valence-corrected chi connectivity index (χ3v) is 10.2. The Morgan fingerprint density at radius 3 is 1.52 bits per heavy atom. The van der Waals surface area contributed by atoms with Crippen molar-refractivity contribution in [1.29, 1.82) is 0 Å². The molecule has 2 aromatic rings. The number of likely N-dealkylation sites (N-methyl/N-ethyl adjacent to an activating group) is 1. The molecule has 0 saturated carbocycles. The number of carbonyl (C=O) groups excluding carboxylic acids is 4. The number of alkyl halides is 3. The number of rotatable bonds is 7. The molecule has 0 aromatic heterocycles. The molecule has 62 heavy (non-hydrogen) atoms. The maximum atomic E-state index is 14.3. The van der Waals surface area contributed by atoms with Crippen LogP contribution in [0.5, 0.6) is 0 Å². The first-order valence-electron chi connectivity index (χ1n) is 19.1. The second-order valence-corrected chi connectivity index (χ2v) is 17.7. The number of hydrogen-bond acceptors (Lipinski definition) is 9. The number of nitrogens with zero attached hydrogens (tertiary/aromatic N) is 1. The van der Waals surface area contributed by atoms with Crippen molar-refractivity contribution < 1.29 is 80.8 Å². The first kappa shape index (κ1) is 53.3. The van der Waals surface area contributed by atoms with E-state index in [2.05, 4.69) is 20.1 Å². The van der Waals surface area contributed by atoms with Gasteiger partial charge in [0.15, 0.2) is 23.3 Å². The van der Waals surface area contributed by atoms with Gasteiger partial charge in [0, 0.05) is 41.6 Å². The van der Waals surface area contributed by atoms with E-state index in [4.69, 9.17) is 9.47 Å². The third kappa shape index (κ3) is 14.4. The zero-order valence-corrected chi connectivity index (χ0v) is 36.3. The third-order valence-electron chi connectivity index (χ3n) is 9.10. The normalized spacial score (nSPS) is 22.0.